The predicted molar refractivity (Wildman–Crippen MR) is 89.1 cm³/mol. The summed E-state index contributed by atoms with van der Waals surface area (Å²) in [5, 5.41) is 3.41. The first-order chi connectivity index (χ1) is 10.00. The second-order valence-corrected chi connectivity index (χ2v) is 6.65. The van der Waals surface area contributed by atoms with Crippen molar-refractivity contribution in [2.75, 3.05) is 26.2 Å². The zero-order valence-electron chi connectivity index (χ0n) is 14.5. The average Bonchev–Trinajstić information content (AvgIpc) is 2.87. The summed E-state index contributed by atoms with van der Waals surface area (Å²) < 4.78 is 0. The molecule has 1 fully saturated rings. The van der Waals surface area contributed by atoms with Gasteiger partial charge in [-0.15, -0.1) is 0 Å². The molecule has 1 rings (SSSR count). The molecular weight excluding hydrogens is 262 g/mol. The Morgan fingerprint density at radius 3 is 2.67 bits per heavy atom. The molecule has 0 saturated heterocycles. The average molecular weight is 297 g/mol. The number of rotatable bonds is 10. The van der Waals surface area contributed by atoms with Crippen LogP contribution in [0, 0.1) is 11.8 Å². The summed E-state index contributed by atoms with van der Waals surface area (Å²) in [7, 11) is 0. The Labute approximate surface area is 130 Å². The first-order valence-electron chi connectivity index (χ1n) is 8.77. The molecule has 4 nitrogen and oxygen atoms in total. The number of carbonyl (C=O) groups is 1. The van der Waals surface area contributed by atoms with Crippen molar-refractivity contribution in [1.82, 2.24) is 10.2 Å². The minimum Gasteiger partial charge on any atom is -0.368 e. The van der Waals surface area contributed by atoms with Crippen molar-refractivity contribution >= 4 is 5.91 Å². The highest BCUT2D eigenvalue weighted by Gasteiger charge is 2.46. The third-order valence-corrected chi connectivity index (χ3v) is 5.26. The summed E-state index contributed by atoms with van der Waals surface area (Å²) in [6, 6.07) is 0. The maximum Gasteiger partial charge on any atom is 0.238 e. The molecule has 21 heavy (non-hydrogen) atoms. The van der Waals surface area contributed by atoms with Crippen molar-refractivity contribution in [2.24, 2.45) is 17.6 Å². The van der Waals surface area contributed by atoms with Gasteiger partial charge in [0.2, 0.25) is 5.91 Å². The quantitative estimate of drug-likeness (QED) is 0.651. The lowest BCUT2D eigenvalue weighted by Gasteiger charge is -2.35. The summed E-state index contributed by atoms with van der Waals surface area (Å²) in [4.78, 5) is 14.5. The molecule has 0 aromatic carbocycles. The lowest BCUT2D eigenvalue weighted by Crippen LogP contribution is -2.58. The summed E-state index contributed by atoms with van der Waals surface area (Å²) >= 11 is 0. The Bertz CT molecular complexity index is 321. The molecule has 3 unspecified atom stereocenters. The molecule has 0 heterocycles. The van der Waals surface area contributed by atoms with E-state index in [4.69, 9.17) is 5.73 Å². The second kappa shape index (κ2) is 8.74. The smallest absolute Gasteiger partial charge is 0.238 e. The van der Waals surface area contributed by atoms with Gasteiger partial charge < -0.3 is 16.0 Å². The van der Waals surface area contributed by atoms with Crippen molar-refractivity contribution in [3.63, 3.8) is 0 Å². The Hall–Kier alpha value is -0.610. The second-order valence-electron chi connectivity index (χ2n) is 6.65. The monoisotopic (exact) mass is 297 g/mol. The maximum absolute atomic E-state index is 12.0. The number of likely N-dealkylation sites (N-methyl/N-ethyl adjacent to an activating group) is 1. The zero-order chi connectivity index (χ0) is 15.9. The molecule has 1 saturated carbocycles. The minimum absolute atomic E-state index is 0.156. The highest BCUT2D eigenvalue weighted by molar-refractivity contribution is 5.85. The minimum atomic E-state index is -0.454. The lowest BCUT2D eigenvalue weighted by atomic mass is 9.83. The molecule has 1 amide bonds. The lowest BCUT2D eigenvalue weighted by molar-refractivity contribution is -0.126. The van der Waals surface area contributed by atoms with Gasteiger partial charge in [0, 0.05) is 6.54 Å². The normalized spacial score (nSPS) is 27.2. The Morgan fingerprint density at radius 1 is 1.43 bits per heavy atom. The number of carbonyl (C=O) groups excluding carboxylic acids is 1. The van der Waals surface area contributed by atoms with Gasteiger partial charge in [0.05, 0.1) is 0 Å². The van der Waals surface area contributed by atoms with Crippen LogP contribution in [0.5, 0.6) is 0 Å². The molecule has 0 radical (unpaired) electrons. The van der Waals surface area contributed by atoms with Gasteiger partial charge in [-0.2, -0.15) is 0 Å². The topological polar surface area (TPSA) is 58.4 Å². The summed E-state index contributed by atoms with van der Waals surface area (Å²) in [5.74, 6) is 0.973. The Balaban J connectivity index is 2.61. The SMILES string of the molecule is CCNC1(C(N)=O)CCCC1CCN(CC)CC(C)CC. The van der Waals surface area contributed by atoms with Crippen LogP contribution < -0.4 is 11.1 Å². The van der Waals surface area contributed by atoms with Gasteiger partial charge in [-0.25, -0.2) is 0 Å². The van der Waals surface area contributed by atoms with E-state index in [-0.39, 0.29) is 5.91 Å². The van der Waals surface area contributed by atoms with Gasteiger partial charge in [0.15, 0.2) is 0 Å². The van der Waals surface area contributed by atoms with Crippen LogP contribution in [-0.2, 0) is 4.79 Å². The fraction of sp³-hybridized carbons (Fsp3) is 0.941. The van der Waals surface area contributed by atoms with E-state index < -0.39 is 5.54 Å². The predicted octanol–water partition coefficient (Wildman–Crippen LogP) is 2.38. The standard InChI is InChI=1S/C17H35N3O/c1-5-14(4)13-20(7-3)12-10-15-9-8-11-17(15,16(18)21)19-6-2/h14-15,19H,5-13H2,1-4H3,(H2,18,21). The van der Waals surface area contributed by atoms with Crippen LogP contribution in [-0.4, -0.2) is 42.5 Å². The van der Waals surface area contributed by atoms with Crippen LogP contribution in [0.3, 0.4) is 0 Å². The molecule has 0 bridgehead atoms. The van der Waals surface area contributed by atoms with Crippen LogP contribution in [0.25, 0.3) is 0 Å². The molecule has 1 aliphatic rings. The summed E-state index contributed by atoms with van der Waals surface area (Å²) in [5.41, 5.74) is 5.28. The molecule has 124 valence electrons. The van der Waals surface area contributed by atoms with E-state index in [9.17, 15) is 4.79 Å². The van der Waals surface area contributed by atoms with E-state index in [1.165, 1.54) is 6.42 Å². The third-order valence-electron chi connectivity index (χ3n) is 5.26. The van der Waals surface area contributed by atoms with Crippen LogP contribution >= 0.6 is 0 Å². The number of amides is 1. The van der Waals surface area contributed by atoms with E-state index in [2.05, 4.69) is 37.9 Å². The highest BCUT2D eigenvalue weighted by Crippen LogP contribution is 2.38. The summed E-state index contributed by atoms with van der Waals surface area (Å²) in [6.07, 6.45) is 5.43. The zero-order valence-corrected chi connectivity index (χ0v) is 14.5. The fourth-order valence-corrected chi connectivity index (χ4v) is 3.72. The number of nitrogens with two attached hydrogens (primary N) is 1. The van der Waals surface area contributed by atoms with Gasteiger partial charge >= 0.3 is 0 Å². The van der Waals surface area contributed by atoms with Crippen molar-refractivity contribution < 1.29 is 4.79 Å². The first-order valence-corrected chi connectivity index (χ1v) is 8.77. The molecule has 3 N–H and O–H groups in total. The first kappa shape index (κ1) is 18.4. The van der Waals surface area contributed by atoms with E-state index in [0.29, 0.717) is 5.92 Å². The molecule has 3 atom stereocenters. The van der Waals surface area contributed by atoms with E-state index in [1.54, 1.807) is 0 Å². The van der Waals surface area contributed by atoms with Gasteiger partial charge in [-0.05, 0) is 50.7 Å². The molecule has 1 aliphatic carbocycles. The van der Waals surface area contributed by atoms with Crippen molar-refractivity contribution in [1.29, 1.82) is 0 Å². The third kappa shape index (κ3) is 4.68. The van der Waals surface area contributed by atoms with E-state index >= 15 is 0 Å². The number of hydrogen-bond acceptors (Lipinski definition) is 3. The van der Waals surface area contributed by atoms with Crippen LogP contribution in [0.2, 0.25) is 0 Å². The molecule has 0 aliphatic heterocycles. The van der Waals surface area contributed by atoms with Crippen LogP contribution in [0.4, 0.5) is 0 Å². The number of hydrogen-bond donors (Lipinski definition) is 2. The maximum atomic E-state index is 12.0. The molecule has 4 heteroatoms. The molecule has 0 aromatic heterocycles. The van der Waals surface area contributed by atoms with E-state index in [1.807, 2.05) is 0 Å². The fourth-order valence-electron chi connectivity index (χ4n) is 3.72. The number of nitrogens with one attached hydrogen (secondary N) is 1. The van der Waals surface area contributed by atoms with Crippen LogP contribution in [0.15, 0.2) is 0 Å². The summed E-state index contributed by atoms with van der Waals surface area (Å²) in [6.45, 7) is 13.0. The Kier molecular flexibility index (Phi) is 7.67. The van der Waals surface area contributed by atoms with E-state index in [0.717, 1.165) is 57.8 Å². The highest BCUT2D eigenvalue weighted by atomic mass is 16.1. The molecule has 0 aromatic rings. The molecular formula is C17H35N3O. The van der Waals surface area contributed by atoms with Crippen molar-refractivity contribution in [3.8, 4) is 0 Å². The van der Waals surface area contributed by atoms with Gasteiger partial charge in [-0.1, -0.05) is 40.5 Å². The van der Waals surface area contributed by atoms with Gasteiger partial charge in [-0.3, -0.25) is 4.79 Å². The van der Waals surface area contributed by atoms with Crippen molar-refractivity contribution in [2.45, 2.75) is 65.3 Å². The van der Waals surface area contributed by atoms with Crippen molar-refractivity contribution in [3.05, 3.63) is 0 Å². The van der Waals surface area contributed by atoms with Crippen LogP contribution in [0.1, 0.15) is 59.8 Å². The van der Waals surface area contributed by atoms with Gasteiger partial charge in [0.1, 0.15) is 5.54 Å². The number of nitrogens with zero attached hydrogens (tertiary/aromatic N) is 1. The van der Waals surface area contributed by atoms with Gasteiger partial charge in [0.25, 0.3) is 0 Å². The number of primary amides is 1. The largest absolute Gasteiger partial charge is 0.368 e. The Morgan fingerprint density at radius 2 is 2.14 bits per heavy atom. The molecule has 0 spiro atoms.